The highest BCUT2D eigenvalue weighted by Crippen LogP contribution is 2.23. The fourth-order valence-electron chi connectivity index (χ4n) is 3.33. The standard InChI is InChI=1S/C21H24FNO4S/c1-15-4-3-5-20(16(15)2)27-13-21(24)23(19-10-11-28(25,26)14-19)12-17-6-8-18(22)9-7-17/h3-9,19H,10-14H2,1-2H3/t19-/m0/s1. The van der Waals surface area contributed by atoms with Crippen molar-refractivity contribution in [3.05, 3.63) is 65.0 Å². The molecule has 0 N–H and O–H groups in total. The Morgan fingerprint density at radius 2 is 1.89 bits per heavy atom. The molecule has 150 valence electrons. The average molecular weight is 405 g/mol. The summed E-state index contributed by atoms with van der Waals surface area (Å²) in [7, 11) is -3.15. The van der Waals surface area contributed by atoms with Gasteiger partial charge in [0.25, 0.3) is 5.91 Å². The molecule has 2 aromatic carbocycles. The molecule has 1 saturated heterocycles. The molecule has 0 aromatic heterocycles. The Bertz CT molecular complexity index is 957. The summed E-state index contributed by atoms with van der Waals surface area (Å²) < 4.78 is 42.7. The molecule has 1 atom stereocenters. The third-order valence-electron chi connectivity index (χ3n) is 5.14. The van der Waals surface area contributed by atoms with Crippen LogP contribution in [0.5, 0.6) is 5.75 Å². The summed E-state index contributed by atoms with van der Waals surface area (Å²) in [6.45, 7) is 3.93. The largest absolute Gasteiger partial charge is 0.483 e. The number of benzene rings is 2. The van der Waals surface area contributed by atoms with Gasteiger partial charge in [0.15, 0.2) is 16.4 Å². The highest BCUT2D eigenvalue weighted by molar-refractivity contribution is 7.91. The Kier molecular flexibility index (Phi) is 6.03. The molecule has 0 bridgehead atoms. The van der Waals surface area contributed by atoms with Crippen LogP contribution in [0.1, 0.15) is 23.1 Å². The van der Waals surface area contributed by atoms with Gasteiger partial charge >= 0.3 is 0 Å². The number of amides is 1. The lowest BCUT2D eigenvalue weighted by Gasteiger charge is -2.28. The molecule has 7 heteroatoms. The van der Waals surface area contributed by atoms with Crippen molar-refractivity contribution in [3.63, 3.8) is 0 Å². The molecule has 0 unspecified atom stereocenters. The Hall–Kier alpha value is -2.41. The van der Waals surface area contributed by atoms with Gasteiger partial charge in [0.1, 0.15) is 11.6 Å². The molecule has 5 nitrogen and oxygen atoms in total. The van der Waals surface area contributed by atoms with E-state index in [1.54, 1.807) is 23.1 Å². The molecule has 1 heterocycles. The van der Waals surface area contributed by atoms with Crippen molar-refractivity contribution >= 4 is 15.7 Å². The fourth-order valence-corrected chi connectivity index (χ4v) is 5.06. The molecule has 0 radical (unpaired) electrons. The predicted octanol–water partition coefficient (Wildman–Crippen LogP) is 3.04. The highest BCUT2D eigenvalue weighted by atomic mass is 32.2. The lowest BCUT2D eigenvalue weighted by Crippen LogP contribution is -2.43. The summed E-state index contributed by atoms with van der Waals surface area (Å²) in [5, 5.41) is 0. The summed E-state index contributed by atoms with van der Waals surface area (Å²) in [4.78, 5) is 14.5. The van der Waals surface area contributed by atoms with Crippen molar-refractivity contribution in [1.29, 1.82) is 0 Å². The summed E-state index contributed by atoms with van der Waals surface area (Å²) >= 11 is 0. The van der Waals surface area contributed by atoms with Crippen LogP contribution in [0.2, 0.25) is 0 Å². The average Bonchev–Trinajstić information content (AvgIpc) is 3.01. The van der Waals surface area contributed by atoms with Crippen molar-refractivity contribution in [2.24, 2.45) is 0 Å². The third kappa shape index (κ3) is 4.90. The van der Waals surface area contributed by atoms with Crippen LogP contribution in [-0.4, -0.2) is 43.4 Å². The number of nitrogens with zero attached hydrogens (tertiary/aromatic N) is 1. The second-order valence-electron chi connectivity index (χ2n) is 7.19. The maximum absolute atomic E-state index is 13.2. The lowest BCUT2D eigenvalue weighted by molar-refractivity contribution is -0.136. The third-order valence-corrected chi connectivity index (χ3v) is 6.89. The number of carbonyl (C=O) groups excluding carboxylic acids is 1. The first-order chi connectivity index (χ1) is 13.2. The first-order valence-corrected chi connectivity index (χ1v) is 11.0. The second-order valence-corrected chi connectivity index (χ2v) is 9.42. The zero-order chi connectivity index (χ0) is 20.3. The van der Waals surface area contributed by atoms with Gasteiger partial charge in [-0.1, -0.05) is 24.3 Å². The van der Waals surface area contributed by atoms with Crippen LogP contribution in [0.15, 0.2) is 42.5 Å². The quantitative estimate of drug-likeness (QED) is 0.741. The summed E-state index contributed by atoms with van der Waals surface area (Å²) in [6, 6.07) is 11.1. The molecule has 2 aromatic rings. The number of hydrogen-bond acceptors (Lipinski definition) is 4. The maximum atomic E-state index is 13.2. The van der Waals surface area contributed by atoms with Crippen LogP contribution in [0.3, 0.4) is 0 Å². The molecule has 0 aliphatic carbocycles. The minimum Gasteiger partial charge on any atom is -0.483 e. The SMILES string of the molecule is Cc1cccc(OCC(=O)N(Cc2ccc(F)cc2)[C@H]2CCS(=O)(=O)C2)c1C. The molecule has 3 rings (SSSR count). The number of rotatable bonds is 6. The van der Waals surface area contributed by atoms with E-state index in [0.717, 1.165) is 16.7 Å². The Balaban J connectivity index is 1.76. The van der Waals surface area contributed by atoms with Gasteiger partial charge in [0, 0.05) is 12.6 Å². The van der Waals surface area contributed by atoms with E-state index in [1.165, 1.54) is 12.1 Å². The molecular weight excluding hydrogens is 381 g/mol. The number of hydrogen-bond donors (Lipinski definition) is 0. The van der Waals surface area contributed by atoms with E-state index in [0.29, 0.717) is 12.2 Å². The first kappa shape index (κ1) is 20.3. The Morgan fingerprint density at radius 3 is 2.54 bits per heavy atom. The van der Waals surface area contributed by atoms with E-state index in [4.69, 9.17) is 4.74 Å². The molecular formula is C21H24FNO4S. The van der Waals surface area contributed by atoms with Crippen LogP contribution in [0.4, 0.5) is 4.39 Å². The monoisotopic (exact) mass is 405 g/mol. The number of sulfone groups is 1. The van der Waals surface area contributed by atoms with Crippen molar-refractivity contribution < 1.29 is 22.3 Å². The minimum absolute atomic E-state index is 0.0522. The van der Waals surface area contributed by atoms with Crippen molar-refractivity contribution in [3.8, 4) is 5.75 Å². The van der Waals surface area contributed by atoms with Crippen LogP contribution in [0, 0.1) is 19.7 Å². The summed E-state index contributed by atoms with van der Waals surface area (Å²) in [5.74, 6) is 0.0105. The van der Waals surface area contributed by atoms with Crippen molar-refractivity contribution in [2.45, 2.75) is 32.9 Å². The lowest BCUT2D eigenvalue weighted by atomic mass is 10.1. The highest BCUT2D eigenvalue weighted by Gasteiger charge is 2.34. The van der Waals surface area contributed by atoms with Crippen LogP contribution < -0.4 is 4.74 Å². The van der Waals surface area contributed by atoms with E-state index in [2.05, 4.69) is 0 Å². The zero-order valence-corrected chi connectivity index (χ0v) is 16.8. The van der Waals surface area contributed by atoms with Gasteiger partial charge in [-0.15, -0.1) is 0 Å². The smallest absolute Gasteiger partial charge is 0.261 e. The van der Waals surface area contributed by atoms with Gasteiger partial charge < -0.3 is 9.64 Å². The number of aryl methyl sites for hydroxylation is 1. The molecule has 1 aliphatic rings. The van der Waals surface area contributed by atoms with Crippen LogP contribution >= 0.6 is 0 Å². The second kappa shape index (κ2) is 8.31. The summed E-state index contributed by atoms with van der Waals surface area (Å²) in [6.07, 6.45) is 0.402. The molecule has 1 amide bonds. The maximum Gasteiger partial charge on any atom is 0.261 e. The first-order valence-electron chi connectivity index (χ1n) is 9.18. The summed E-state index contributed by atoms with van der Waals surface area (Å²) in [5.41, 5.74) is 2.77. The molecule has 1 aliphatic heterocycles. The molecule has 0 spiro atoms. The topological polar surface area (TPSA) is 63.7 Å². The molecule has 28 heavy (non-hydrogen) atoms. The predicted molar refractivity (Wildman–Crippen MR) is 105 cm³/mol. The minimum atomic E-state index is -3.15. The molecule has 0 saturated carbocycles. The van der Waals surface area contributed by atoms with E-state index in [9.17, 15) is 17.6 Å². The van der Waals surface area contributed by atoms with Gasteiger partial charge in [0.2, 0.25) is 0 Å². The Labute approximate surface area is 165 Å². The van der Waals surface area contributed by atoms with Crippen molar-refractivity contribution in [1.82, 2.24) is 4.90 Å². The van der Waals surface area contributed by atoms with Gasteiger partial charge in [-0.05, 0) is 55.2 Å². The van der Waals surface area contributed by atoms with Gasteiger partial charge in [-0.25, -0.2) is 12.8 Å². The van der Waals surface area contributed by atoms with Crippen LogP contribution in [-0.2, 0) is 21.2 Å². The van der Waals surface area contributed by atoms with Gasteiger partial charge in [0.05, 0.1) is 11.5 Å². The van der Waals surface area contributed by atoms with E-state index in [1.807, 2.05) is 26.0 Å². The fraction of sp³-hybridized carbons (Fsp3) is 0.381. The molecule has 1 fully saturated rings. The number of ether oxygens (including phenoxy) is 1. The number of carbonyl (C=O) groups is 1. The van der Waals surface area contributed by atoms with E-state index >= 15 is 0 Å². The van der Waals surface area contributed by atoms with Crippen molar-refractivity contribution in [2.75, 3.05) is 18.1 Å². The van der Waals surface area contributed by atoms with E-state index in [-0.39, 0.29) is 36.4 Å². The Morgan fingerprint density at radius 1 is 1.18 bits per heavy atom. The zero-order valence-electron chi connectivity index (χ0n) is 16.0. The number of halogens is 1. The van der Waals surface area contributed by atoms with Crippen LogP contribution in [0.25, 0.3) is 0 Å². The van der Waals surface area contributed by atoms with E-state index < -0.39 is 15.9 Å². The normalized spacial score (nSPS) is 18.0. The van der Waals surface area contributed by atoms with Gasteiger partial charge in [-0.3, -0.25) is 4.79 Å². The van der Waals surface area contributed by atoms with Gasteiger partial charge in [-0.2, -0.15) is 0 Å².